The molecule has 1 saturated carbocycles. The average molecular weight is 223 g/mol. The molecule has 1 aromatic carbocycles. The number of rotatable bonds is 2. The molecule has 1 aromatic rings. The third-order valence-electron chi connectivity index (χ3n) is 3.47. The second-order valence-electron chi connectivity index (χ2n) is 4.57. The van der Waals surface area contributed by atoms with Crippen molar-refractivity contribution >= 4 is 0 Å². The zero-order chi connectivity index (χ0) is 11.6. The van der Waals surface area contributed by atoms with Gasteiger partial charge in [-0.3, -0.25) is 0 Å². The Labute approximate surface area is 95.6 Å². The lowest BCUT2D eigenvalue weighted by atomic mass is 9.77. The maximum atomic E-state index is 13.6. The molecule has 2 nitrogen and oxygen atoms in total. The summed E-state index contributed by atoms with van der Waals surface area (Å²) in [6.07, 6.45) is 5.38. The number of ether oxygens (including phenoxy) is 1. The van der Waals surface area contributed by atoms with E-state index >= 15 is 0 Å². The fourth-order valence-electron chi connectivity index (χ4n) is 2.45. The minimum absolute atomic E-state index is 0.281. The maximum Gasteiger partial charge on any atom is 0.165 e. The third-order valence-corrected chi connectivity index (χ3v) is 3.47. The van der Waals surface area contributed by atoms with Crippen LogP contribution in [0.2, 0.25) is 0 Å². The molecule has 0 bridgehead atoms. The molecule has 1 fully saturated rings. The van der Waals surface area contributed by atoms with E-state index in [-0.39, 0.29) is 17.1 Å². The lowest BCUT2D eigenvalue weighted by Crippen LogP contribution is -2.38. The van der Waals surface area contributed by atoms with E-state index in [9.17, 15) is 4.39 Å². The van der Waals surface area contributed by atoms with Crippen LogP contribution in [0.1, 0.15) is 37.7 Å². The lowest BCUT2D eigenvalue weighted by molar-refractivity contribution is 0.300. The summed E-state index contributed by atoms with van der Waals surface area (Å²) in [4.78, 5) is 0. The van der Waals surface area contributed by atoms with E-state index in [0.29, 0.717) is 0 Å². The van der Waals surface area contributed by atoms with Gasteiger partial charge >= 0.3 is 0 Å². The fraction of sp³-hybridized carbons (Fsp3) is 0.538. The molecule has 0 spiro atoms. The van der Waals surface area contributed by atoms with Crippen molar-refractivity contribution in [2.75, 3.05) is 7.11 Å². The number of nitrogens with two attached hydrogens (primary N) is 1. The van der Waals surface area contributed by atoms with Crippen LogP contribution in [0.5, 0.6) is 5.75 Å². The summed E-state index contributed by atoms with van der Waals surface area (Å²) >= 11 is 0. The number of benzene rings is 1. The van der Waals surface area contributed by atoms with Crippen molar-refractivity contribution in [3.63, 3.8) is 0 Å². The molecule has 0 unspecified atom stereocenters. The minimum Gasteiger partial charge on any atom is -0.494 e. The van der Waals surface area contributed by atoms with Crippen molar-refractivity contribution in [3.05, 3.63) is 29.6 Å². The SMILES string of the molecule is COc1ccc(C2(N)CCCCC2)cc1F. The largest absolute Gasteiger partial charge is 0.494 e. The summed E-state index contributed by atoms with van der Waals surface area (Å²) in [6.45, 7) is 0. The first-order valence-electron chi connectivity index (χ1n) is 5.79. The van der Waals surface area contributed by atoms with Crippen LogP contribution in [0.25, 0.3) is 0 Å². The molecular formula is C13H18FNO. The van der Waals surface area contributed by atoms with Crippen LogP contribution in [0.15, 0.2) is 18.2 Å². The second-order valence-corrected chi connectivity index (χ2v) is 4.57. The Morgan fingerprint density at radius 2 is 1.94 bits per heavy atom. The second kappa shape index (κ2) is 4.42. The lowest BCUT2D eigenvalue weighted by Gasteiger charge is -2.34. The number of halogens is 1. The van der Waals surface area contributed by atoms with E-state index in [0.717, 1.165) is 31.2 Å². The molecule has 0 heterocycles. The summed E-state index contributed by atoms with van der Waals surface area (Å²) in [5, 5.41) is 0. The number of hydrogen-bond donors (Lipinski definition) is 1. The molecule has 2 rings (SSSR count). The van der Waals surface area contributed by atoms with Crippen molar-refractivity contribution in [3.8, 4) is 5.75 Å². The summed E-state index contributed by atoms with van der Waals surface area (Å²) < 4.78 is 18.5. The standard InChI is InChI=1S/C13H18FNO/c1-16-12-6-5-10(9-11(12)14)13(15)7-3-2-4-8-13/h5-6,9H,2-4,7-8,15H2,1H3. The highest BCUT2D eigenvalue weighted by atomic mass is 19.1. The Kier molecular flexibility index (Phi) is 3.15. The van der Waals surface area contributed by atoms with Gasteiger partial charge in [0.2, 0.25) is 0 Å². The van der Waals surface area contributed by atoms with Gasteiger partial charge < -0.3 is 10.5 Å². The van der Waals surface area contributed by atoms with Gasteiger partial charge in [-0.1, -0.05) is 25.3 Å². The zero-order valence-electron chi connectivity index (χ0n) is 9.63. The van der Waals surface area contributed by atoms with Crippen LogP contribution in [-0.2, 0) is 5.54 Å². The van der Waals surface area contributed by atoms with Gasteiger partial charge in [-0.15, -0.1) is 0 Å². The Morgan fingerprint density at radius 3 is 2.50 bits per heavy atom. The van der Waals surface area contributed by atoms with Gasteiger partial charge in [0.25, 0.3) is 0 Å². The Hall–Kier alpha value is -1.09. The van der Waals surface area contributed by atoms with Crippen LogP contribution in [0, 0.1) is 5.82 Å². The molecule has 0 aliphatic heterocycles. The maximum absolute atomic E-state index is 13.6. The Bertz CT molecular complexity index is 372. The molecule has 16 heavy (non-hydrogen) atoms. The summed E-state index contributed by atoms with van der Waals surface area (Å²) in [6, 6.07) is 5.06. The normalized spacial score (nSPS) is 19.4. The summed E-state index contributed by atoms with van der Waals surface area (Å²) in [5.74, 6) is -0.0430. The van der Waals surface area contributed by atoms with Gasteiger partial charge in [-0.05, 0) is 30.5 Å². The Balaban J connectivity index is 2.29. The Morgan fingerprint density at radius 1 is 1.25 bits per heavy atom. The van der Waals surface area contributed by atoms with Crippen molar-refractivity contribution in [1.82, 2.24) is 0 Å². The third kappa shape index (κ3) is 2.05. The topological polar surface area (TPSA) is 35.2 Å². The summed E-state index contributed by atoms with van der Waals surface area (Å²) in [5.41, 5.74) is 6.89. The molecule has 0 saturated heterocycles. The molecule has 0 radical (unpaired) electrons. The van der Waals surface area contributed by atoms with E-state index in [4.69, 9.17) is 10.5 Å². The molecule has 2 N–H and O–H groups in total. The first-order chi connectivity index (χ1) is 7.65. The predicted molar refractivity (Wildman–Crippen MR) is 61.9 cm³/mol. The smallest absolute Gasteiger partial charge is 0.165 e. The van der Waals surface area contributed by atoms with Gasteiger partial charge in [-0.2, -0.15) is 0 Å². The van der Waals surface area contributed by atoms with E-state index < -0.39 is 0 Å². The average Bonchev–Trinajstić information content (AvgIpc) is 2.30. The van der Waals surface area contributed by atoms with E-state index in [1.54, 1.807) is 6.07 Å². The van der Waals surface area contributed by atoms with Crippen molar-refractivity contribution in [1.29, 1.82) is 0 Å². The zero-order valence-corrected chi connectivity index (χ0v) is 9.63. The number of hydrogen-bond acceptors (Lipinski definition) is 2. The quantitative estimate of drug-likeness (QED) is 0.836. The van der Waals surface area contributed by atoms with Gasteiger partial charge in [0.1, 0.15) is 0 Å². The summed E-state index contributed by atoms with van der Waals surface area (Å²) in [7, 11) is 1.47. The molecule has 1 aliphatic rings. The molecule has 1 aliphatic carbocycles. The molecule has 0 amide bonds. The monoisotopic (exact) mass is 223 g/mol. The van der Waals surface area contributed by atoms with Gasteiger partial charge in [-0.25, -0.2) is 4.39 Å². The van der Waals surface area contributed by atoms with Crippen LogP contribution in [0.4, 0.5) is 4.39 Å². The van der Waals surface area contributed by atoms with Crippen LogP contribution >= 0.6 is 0 Å². The fourth-order valence-corrected chi connectivity index (χ4v) is 2.45. The van der Waals surface area contributed by atoms with E-state index in [1.165, 1.54) is 19.6 Å². The molecule has 0 atom stereocenters. The first kappa shape index (κ1) is 11.4. The van der Waals surface area contributed by atoms with Gasteiger partial charge in [0, 0.05) is 5.54 Å². The highest BCUT2D eigenvalue weighted by molar-refractivity contribution is 5.33. The highest BCUT2D eigenvalue weighted by Gasteiger charge is 2.29. The van der Waals surface area contributed by atoms with Crippen molar-refractivity contribution in [2.24, 2.45) is 5.73 Å². The molecular weight excluding hydrogens is 205 g/mol. The molecule has 88 valence electrons. The van der Waals surface area contributed by atoms with Crippen molar-refractivity contribution in [2.45, 2.75) is 37.6 Å². The highest BCUT2D eigenvalue weighted by Crippen LogP contribution is 2.36. The number of methoxy groups -OCH3 is 1. The van der Waals surface area contributed by atoms with Gasteiger partial charge in [0.05, 0.1) is 7.11 Å². The molecule has 0 aromatic heterocycles. The van der Waals surface area contributed by atoms with E-state index in [1.807, 2.05) is 6.07 Å². The predicted octanol–water partition coefficient (Wildman–Crippen LogP) is 2.95. The van der Waals surface area contributed by atoms with Crippen LogP contribution < -0.4 is 10.5 Å². The minimum atomic E-state index is -0.342. The first-order valence-corrected chi connectivity index (χ1v) is 5.79. The van der Waals surface area contributed by atoms with Crippen molar-refractivity contribution < 1.29 is 9.13 Å². The molecule has 3 heteroatoms. The van der Waals surface area contributed by atoms with Gasteiger partial charge in [0.15, 0.2) is 11.6 Å². The van der Waals surface area contributed by atoms with Crippen LogP contribution in [-0.4, -0.2) is 7.11 Å². The van der Waals surface area contributed by atoms with Crippen LogP contribution in [0.3, 0.4) is 0 Å². The van der Waals surface area contributed by atoms with E-state index in [2.05, 4.69) is 0 Å².